The molecule has 6 aliphatic rings. The van der Waals surface area contributed by atoms with Crippen LogP contribution in [0.4, 0.5) is 23.8 Å². The van der Waals surface area contributed by atoms with Crippen molar-refractivity contribution >= 4 is 33.5 Å². The molecule has 13 heteroatoms. The molecule has 4 aliphatic carbocycles. The van der Waals surface area contributed by atoms with Crippen molar-refractivity contribution < 1.29 is 22.7 Å². The second kappa shape index (κ2) is 11.0. The summed E-state index contributed by atoms with van der Waals surface area (Å²) in [4.78, 5) is 27.2. The number of carbonyl (C=O) groups is 1. The van der Waals surface area contributed by atoms with Crippen LogP contribution in [-0.4, -0.2) is 71.0 Å². The molecule has 1 unspecified atom stereocenters. The molecule has 0 radical (unpaired) electrons. The predicted octanol–water partition coefficient (Wildman–Crippen LogP) is 6.85. The summed E-state index contributed by atoms with van der Waals surface area (Å²) < 4.78 is 45.0. The normalized spacial score (nSPS) is 33.7. The van der Waals surface area contributed by atoms with Crippen LogP contribution < -0.4 is 15.5 Å². The number of rotatable bonds is 7. The number of amides is 1. The van der Waals surface area contributed by atoms with E-state index >= 15 is 0 Å². The van der Waals surface area contributed by atoms with Gasteiger partial charge in [-0.05, 0) is 89.4 Å². The summed E-state index contributed by atoms with van der Waals surface area (Å²) >= 11 is 1.09. The summed E-state index contributed by atoms with van der Waals surface area (Å²) in [5.74, 6) is 1.84. The minimum absolute atomic E-state index is 0.00442. The number of fused-ring (bicyclic) bond motifs is 1. The van der Waals surface area contributed by atoms with Crippen molar-refractivity contribution in [2.45, 2.75) is 91.5 Å². The number of hydrogen-bond donors (Lipinski definition) is 2. The van der Waals surface area contributed by atoms with Crippen LogP contribution in [0.1, 0.15) is 71.5 Å². The molecular weight excluding hydrogens is 652 g/mol. The number of ether oxygens (including phenoxy) is 1. The number of nitriles is 1. The minimum Gasteiger partial charge on any atom is -0.444 e. The average Bonchev–Trinajstić information content (AvgIpc) is 3.78. The van der Waals surface area contributed by atoms with Gasteiger partial charge in [-0.3, -0.25) is 0 Å². The highest BCUT2D eigenvalue weighted by Crippen LogP contribution is 2.74. The maximum absolute atomic E-state index is 13.2. The van der Waals surface area contributed by atoms with Crippen molar-refractivity contribution in [1.29, 1.82) is 5.26 Å². The van der Waals surface area contributed by atoms with Gasteiger partial charge < -0.3 is 25.2 Å². The summed E-state index contributed by atoms with van der Waals surface area (Å²) in [7, 11) is 0. The maximum Gasteiger partial charge on any atom is 0.408 e. The number of halogens is 3. The third-order valence-corrected chi connectivity index (χ3v) is 13.4. The monoisotopic (exact) mass is 697 g/mol. The zero-order valence-electron chi connectivity index (χ0n) is 29.3. The Balaban J connectivity index is 0.989. The van der Waals surface area contributed by atoms with E-state index in [2.05, 4.69) is 57.5 Å². The molecule has 2 saturated heterocycles. The Labute approximate surface area is 290 Å². The van der Waals surface area contributed by atoms with Crippen LogP contribution in [0.3, 0.4) is 0 Å². The highest BCUT2D eigenvalue weighted by atomic mass is 32.1. The molecule has 2 bridgehead atoms. The van der Waals surface area contributed by atoms with Gasteiger partial charge in [-0.15, -0.1) is 11.3 Å². The fraction of sp³-hybridized carbons (Fsp3) is 0.667. The Morgan fingerprint density at radius 3 is 2.43 bits per heavy atom. The van der Waals surface area contributed by atoms with Gasteiger partial charge in [-0.2, -0.15) is 18.4 Å². The Bertz CT molecular complexity index is 1800. The molecule has 1 amide bonds. The Morgan fingerprint density at radius 1 is 1.12 bits per heavy atom. The van der Waals surface area contributed by atoms with Gasteiger partial charge in [-0.25, -0.2) is 14.8 Å². The van der Waals surface area contributed by atoms with Gasteiger partial charge in [0, 0.05) is 54.4 Å². The number of nitrogens with one attached hydrogen (secondary N) is 2. The summed E-state index contributed by atoms with van der Waals surface area (Å²) in [5, 5.41) is 18.1. The van der Waals surface area contributed by atoms with Gasteiger partial charge in [-0.1, -0.05) is 13.8 Å². The number of allylic oxidation sites excluding steroid dienone is 2. The zero-order valence-corrected chi connectivity index (χ0v) is 30.2. The predicted molar refractivity (Wildman–Crippen MR) is 183 cm³/mol. The first-order valence-corrected chi connectivity index (χ1v) is 18.1. The molecule has 2 aromatic rings. The molecular formula is C36H46F3N7O2S. The summed E-state index contributed by atoms with van der Waals surface area (Å²) in [6.45, 7) is 17.7. The fourth-order valence-electron chi connectivity index (χ4n) is 9.54. The van der Waals surface area contributed by atoms with E-state index in [9.17, 15) is 23.2 Å². The lowest BCUT2D eigenvalue weighted by Gasteiger charge is -2.80. The molecule has 264 valence electrons. The number of alkyl halides is 3. The largest absolute Gasteiger partial charge is 0.444 e. The van der Waals surface area contributed by atoms with E-state index < -0.39 is 23.6 Å². The van der Waals surface area contributed by atoms with Crippen molar-refractivity contribution in [3.63, 3.8) is 0 Å². The number of nitrogens with zero attached hydrogens (tertiary/aromatic N) is 5. The van der Waals surface area contributed by atoms with E-state index in [0.717, 1.165) is 80.5 Å². The summed E-state index contributed by atoms with van der Waals surface area (Å²) in [6, 6.07) is 4.23. The number of alkyl carbamates (subject to hydrolysis) is 1. The highest BCUT2D eigenvalue weighted by molar-refractivity contribution is 7.18. The van der Waals surface area contributed by atoms with Crippen molar-refractivity contribution in [3.05, 3.63) is 40.3 Å². The van der Waals surface area contributed by atoms with E-state index in [1.54, 1.807) is 13.0 Å². The van der Waals surface area contributed by atoms with E-state index in [0.29, 0.717) is 16.0 Å². The first-order valence-electron chi connectivity index (χ1n) is 17.3. The smallest absolute Gasteiger partial charge is 0.408 e. The third-order valence-electron chi connectivity index (χ3n) is 12.3. The summed E-state index contributed by atoms with van der Waals surface area (Å²) in [5.41, 5.74) is 0.337. The summed E-state index contributed by atoms with van der Waals surface area (Å²) in [6.07, 6.45) is 1.32. The van der Waals surface area contributed by atoms with Crippen molar-refractivity contribution in [2.75, 3.05) is 37.6 Å². The second-order valence-corrected chi connectivity index (χ2v) is 17.5. The molecule has 0 aromatic carbocycles. The Hall–Kier alpha value is -3.53. The molecule has 9 nitrogen and oxygen atoms in total. The van der Waals surface area contributed by atoms with Gasteiger partial charge in [0.1, 0.15) is 27.5 Å². The fourth-order valence-corrected chi connectivity index (χ4v) is 10.6. The quantitative estimate of drug-likeness (QED) is 0.324. The van der Waals surface area contributed by atoms with Crippen LogP contribution in [-0.2, 0) is 11.2 Å². The molecule has 2 N–H and O–H groups in total. The van der Waals surface area contributed by atoms with Crippen LogP contribution in [0, 0.1) is 46.3 Å². The molecule has 3 saturated carbocycles. The standard InChI is InChI=1S/C36H46F3N7O2S/c1-21-34(16-35(21,22(34)2)44-30(47)48-31(4,5)6)18-41-26-8-9-27(32(26,7)17-40)45-12-10-33(19-45)11-13-46(20-33)28-25-14-24(15-36(37,38)39)49-29(25)43-23(3)42-28/h8-9,14,21-22,41H,10-13,15-16,18-20H2,1-7H3,(H,44,47)/t21-,22-,32-,33?,34?,35?/m0/s1. The van der Waals surface area contributed by atoms with E-state index in [1.165, 1.54) is 0 Å². The van der Waals surface area contributed by atoms with Crippen LogP contribution >= 0.6 is 11.3 Å². The van der Waals surface area contributed by atoms with Gasteiger partial charge in [0.2, 0.25) is 0 Å². The first-order chi connectivity index (χ1) is 22.8. The molecule has 5 fully saturated rings. The molecule has 49 heavy (non-hydrogen) atoms. The Morgan fingerprint density at radius 2 is 1.80 bits per heavy atom. The topological polar surface area (TPSA) is 106 Å². The molecule has 2 aromatic heterocycles. The van der Waals surface area contributed by atoms with Gasteiger partial charge in [0.15, 0.2) is 0 Å². The van der Waals surface area contributed by atoms with Crippen molar-refractivity contribution in [1.82, 2.24) is 25.5 Å². The molecule has 2 aliphatic heterocycles. The third kappa shape index (κ3) is 5.44. The average molecular weight is 698 g/mol. The highest BCUT2D eigenvalue weighted by Gasteiger charge is 2.79. The number of thiophene rings is 1. The lowest BCUT2D eigenvalue weighted by molar-refractivity contribution is -0.273. The number of aryl methyl sites for hydroxylation is 1. The molecule has 8 rings (SSSR count). The van der Waals surface area contributed by atoms with Crippen LogP contribution in [0.25, 0.3) is 10.2 Å². The second-order valence-electron chi connectivity index (χ2n) is 16.4. The van der Waals surface area contributed by atoms with Crippen LogP contribution in [0.2, 0.25) is 0 Å². The van der Waals surface area contributed by atoms with Crippen molar-refractivity contribution in [2.24, 2.45) is 28.1 Å². The van der Waals surface area contributed by atoms with Gasteiger partial charge in [0.25, 0.3) is 0 Å². The molecule has 4 atom stereocenters. The molecule has 1 spiro atoms. The van der Waals surface area contributed by atoms with Gasteiger partial charge in [0.05, 0.1) is 23.4 Å². The van der Waals surface area contributed by atoms with E-state index in [1.807, 2.05) is 27.7 Å². The van der Waals surface area contributed by atoms with Crippen LogP contribution in [0.5, 0.6) is 0 Å². The zero-order chi connectivity index (χ0) is 35.4. The van der Waals surface area contributed by atoms with Crippen LogP contribution in [0.15, 0.2) is 29.6 Å². The first kappa shape index (κ1) is 33.9. The minimum atomic E-state index is -4.27. The molecule has 4 heterocycles. The van der Waals surface area contributed by atoms with E-state index in [4.69, 9.17) is 9.72 Å². The number of hydrogen-bond acceptors (Lipinski definition) is 9. The van der Waals surface area contributed by atoms with E-state index in [-0.39, 0.29) is 39.2 Å². The lowest BCUT2D eigenvalue weighted by atomic mass is 9.28. The number of anilines is 1. The Kier molecular flexibility index (Phi) is 7.61. The SMILES string of the molecule is Cc1nc(N2CCC3(CCN(C4=CC=C(NCC56CC(NC(=O)OC(C)(C)C)([C@H]5C)[C@H]6C)[C@]4(C)C#N)C3)C2)c2cc(CC(F)(F)F)sc2n1. The lowest BCUT2D eigenvalue weighted by Crippen LogP contribution is -2.88. The van der Waals surface area contributed by atoms with Crippen molar-refractivity contribution in [3.8, 4) is 6.07 Å². The number of aromatic nitrogens is 2. The maximum atomic E-state index is 13.2. The van der Waals surface area contributed by atoms with Gasteiger partial charge >= 0.3 is 12.3 Å². The number of likely N-dealkylation sites (tertiary alicyclic amines) is 1. The number of carbonyl (C=O) groups excluding carboxylic acids is 1.